The van der Waals surface area contributed by atoms with Gasteiger partial charge in [0.2, 0.25) is 11.8 Å². The third kappa shape index (κ3) is 5.55. The number of halogens is 2. The number of benzene rings is 2. The van der Waals surface area contributed by atoms with Gasteiger partial charge in [-0.2, -0.15) is 5.10 Å². The van der Waals surface area contributed by atoms with Crippen LogP contribution >= 0.6 is 15.9 Å². The second-order valence-corrected chi connectivity index (χ2v) is 5.99. The van der Waals surface area contributed by atoms with Crippen LogP contribution in [0.25, 0.3) is 0 Å². The second-order valence-electron chi connectivity index (χ2n) is 5.07. The predicted molar refractivity (Wildman–Crippen MR) is 97.7 cm³/mol. The number of aromatic hydroxyl groups is 1. The average Bonchev–Trinajstić information content (AvgIpc) is 2.59. The van der Waals surface area contributed by atoms with E-state index in [0.29, 0.717) is 15.7 Å². The molecule has 9 heteroatoms. The van der Waals surface area contributed by atoms with Gasteiger partial charge in [0.25, 0.3) is 0 Å². The molecular formula is C17H15BrFN3O4. The summed E-state index contributed by atoms with van der Waals surface area (Å²) in [5.74, 6) is -1.55. The lowest BCUT2D eigenvalue weighted by molar-refractivity contribution is -0.126. The highest BCUT2D eigenvalue weighted by Gasteiger charge is 2.10. The summed E-state index contributed by atoms with van der Waals surface area (Å²) >= 11 is 3.26. The van der Waals surface area contributed by atoms with Crippen LogP contribution in [0.4, 0.5) is 10.1 Å². The molecule has 3 N–H and O–H groups in total. The van der Waals surface area contributed by atoms with Gasteiger partial charge in [-0.25, -0.2) is 9.82 Å². The molecule has 136 valence electrons. The smallest absolute Gasteiger partial charge is 0.249 e. The molecule has 2 aromatic carbocycles. The number of phenolic OH excluding ortho intramolecular Hbond substituents is 1. The number of nitrogens with one attached hydrogen (secondary N) is 2. The normalized spacial score (nSPS) is 10.6. The highest BCUT2D eigenvalue weighted by atomic mass is 79.9. The van der Waals surface area contributed by atoms with Crippen molar-refractivity contribution < 1.29 is 23.8 Å². The Morgan fingerprint density at radius 3 is 2.62 bits per heavy atom. The van der Waals surface area contributed by atoms with Crippen molar-refractivity contribution in [1.29, 1.82) is 0 Å². The number of ether oxygens (including phenoxy) is 1. The molecule has 0 saturated carbocycles. The number of anilines is 1. The molecule has 0 heterocycles. The van der Waals surface area contributed by atoms with E-state index in [0.717, 1.165) is 0 Å². The van der Waals surface area contributed by atoms with Gasteiger partial charge in [-0.1, -0.05) is 15.9 Å². The molecule has 2 aromatic rings. The van der Waals surface area contributed by atoms with Crippen LogP contribution in [0.3, 0.4) is 0 Å². The van der Waals surface area contributed by atoms with Gasteiger partial charge in [0.15, 0.2) is 11.5 Å². The lowest BCUT2D eigenvalue weighted by Gasteiger charge is -2.07. The molecule has 0 spiro atoms. The van der Waals surface area contributed by atoms with Crippen molar-refractivity contribution in [3.05, 3.63) is 52.3 Å². The van der Waals surface area contributed by atoms with E-state index in [-0.39, 0.29) is 11.5 Å². The number of carbonyl (C=O) groups is 2. The third-order valence-electron chi connectivity index (χ3n) is 3.13. The Morgan fingerprint density at radius 1 is 1.27 bits per heavy atom. The summed E-state index contributed by atoms with van der Waals surface area (Å²) in [6.07, 6.45) is 0.751. The Bertz CT molecular complexity index is 841. The monoisotopic (exact) mass is 423 g/mol. The van der Waals surface area contributed by atoms with E-state index in [4.69, 9.17) is 4.74 Å². The van der Waals surface area contributed by atoms with Crippen molar-refractivity contribution in [2.24, 2.45) is 5.10 Å². The number of hydrogen-bond donors (Lipinski definition) is 3. The second kappa shape index (κ2) is 8.95. The van der Waals surface area contributed by atoms with Gasteiger partial charge < -0.3 is 15.2 Å². The fourth-order valence-electron chi connectivity index (χ4n) is 1.95. The SMILES string of the molecule is COc1cc(Br)cc(/C=N/NC(=O)CC(=O)Nc2ccc(F)cc2)c1O. The van der Waals surface area contributed by atoms with Crippen molar-refractivity contribution in [3.63, 3.8) is 0 Å². The van der Waals surface area contributed by atoms with E-state index in [1.165, 1.54) is 37.6 Å². The molecule has 0 radical (unpaired) electrons. The molecule has 0 unspecified atom stereocenters. The number of phenols is 1. The standard InChI is InChI=1S/C17H15BrFN3O4/c1-26-14-7-11(18)6-10(17(14)25)9-20-22-16(24)8-15(23)21-13-4-2-12(19)3-5-13/h2-7,9,25H,8H2,1H3,(H,21,23)(H,22,24)/b20-9+. The van der Waals surface area contributed by atoms with Gasteiger partial charge in [-0.3, -0.25) is 9.59 Å². The van der Waals surface area contributed by atoms with Crippen molar-refractivity contribution in [1.82, 2.24) is 5.43 Å². The van der Waals surface area contributed by atoms with Crippen molar-refractivity contribution in [2.75, 3.05) is 12.4 Å². The minimum Gasteiger partial charge on any atom is -0.504 e. The van der Waals surface area contributed by atoms with E-state index in [9.17, 15) is 19.1 Å². The number of hydrazone groups is 1. The van der Waals surface area contributed by atoms with Gasteiger partial charge in [0, 0.05) is 15.7 Å². The fourth-order valence-corrected chi connectivity index (χ4v) is 2.40. The van der Waals surface area contributed by atoms with Gasteiger partial charge >= 0.3 is 0 Å². The summed E-state index contributed by atoms with van der Waals surface area (Å²) in [6, 6.07) is 8.30. The van der Waals surface area contributed by atoms with Crippen LogP contribution in [0, 0.1) is 5.82 Å². The molecule has 0 aliphatic heterocycles. The molecular weight excluding hydrogens is 409 g/mol. The molecule has 0 bridgehead atoms. The first-order valence-electron chi connectivity index (χ1n) is 7.33. The van der Waals surface area contributed by atoms with E-state index in [2.05, 4.69) is 31.8 Å². The summed E-state index contributed by atoms with van der Waals surface area (Å²) < 4.78 is 18.4. The van der Waals surface area contributed by atoms with Crippen LogP contribution in [0.5, 0.6) is 11.5 Å². The number of hydrogen-bond acceptors (Lipinski definition) is 5. The highest BCUT2D eigenvalue weighted by Crippen LogP contribution is 2.32. The topological polar surface area (TPSA) is 100 Å². The lowest BCUT2D eigenvalue weighted by Crippen LogP contribution is -2.24. The van der Waals surface area contributed by atoms with E-state index < -0.39 is 24.1 Å². The van der Waals surface area contributed by atoms with Gasteiger partial charge in [0.05, 0.1) is 13.3 Å². The maximum Gasteiger partial charge on any atom is 0.249 e. The van der Waals surface area contributed by atoms with Gasteiger partial charge in [-0.05, 0) is 36.4 Å². The largest absolute Gasteiger partial charge is 0.504 e. The van der Waals surface area contributed by atoms with Gasteiger partial charge in [-0.15, -0.1) is 0 Å². The zero-order valence-electron chi connectivity index (χ0n) is 13.6. The van der Waals surface area contributed by atoms with Crippen LogP contribution in [0.1, 0.15) is 12.0 Å². The Balaban J connectivity index is 1.90. The number of amides is 2. The summed E-state index contributed by atoms with van der Waals surface area (Å²) in [7, 11) is 1.41. The molecule has 0 saturated heterocycles. The average molecular weight is 424 g/mol. The first-order valence-corrected chi connectivity index (χ1v) is 8.12. The number of methoxy groups -OCH3 is 1. The zero-order chi connectivity index (χ0) is 19.1. The molecule has 0 aliphatic carbocycles. The third-order valence-corrected chi connectivity index (χ3v) is 3.59. The van der Waals surface area contributed by atoms with Crippen molar-refractivity contribution in [2.45, 2.75) is 6.42 Å². The fraction of sp³-hybridized carbons (Fsp3) is 0.118. The quantitative estimate of drug-likeness (QED) is 0.377. The summed E-state index contributed by atoms with van der Waals surface area (Å²) in [4.78, 5) is 23.5. The van der Waals surface area contributed by atoms with Crippen LogP contribution in [0.15, 0.2) is 46.0 Å². The van der Waals surface area contributed by atoms with E-state index >= 15 is 0 Å². The van der Waals surface area contributed by atoms with Gasteiger partial charge in [0.1, 0.15) is 12.2 Å². The molecule has 0 fully saturated rings. The molecule has 0 aliphatic rings. The Kier molecular flexibility index (Phi) is 6.67. The van der Waals surface area contributed by atoms with Crippen molar-refractivity contribution in [3.8, 4) is 11.5 Å². The minimum absolute atomic E-state index is 0.136. The summed E-state index contributed by atoms with van der Waals surface area (Å²) in [5.41, 5.74) is 2.87. The summed E-state index contributed by atoms with van der Waals surface area (Å²) in [5, 5.41) is 16.1. The molecule has 26 heavy (non-hydrogen) atoms. The number of rotatable bonds is 6. The first kappa shape index (κ1) is 19.4. The number of carbonyl (C=O) groups excluding carboxylic acids is 2. The Labute approximate surface area is 157 Å². The lowest BCUT2D eigenvalue weighted by atomic mass is 10.2. The molecule has 0 aromatic heterocycles. The highest BCUT2D eigenvalue weighted by molar-refractivity contribution is 9.10. The first-order chi connectivity index (χ1) is 12.4. The van der Waals surface area contributed by atoms with Crippen LogP contribution in [-0.2, 0) is 9.59 Å². The van der Waals surface area contributed by atoms with E-state index in [1.54, 1.807) is 12.1 Å². The molecule has 2 rings (SSSR count). The summed E-state index contributed by atoms with van der Waals surface area (Å²) in [6.45, 7) is 0. The van der Waals surface area contributed by atoms with E-state index in [1.807, 2.05) is 0 Å². The van der Waals surface area contributed by atoms with Crippen LogP contribution in [0.2, 0.25) is 0 Å². The van der Waals surface area contributed by atoms with Crippen LogP contribution < -0.4 is 15.5 Å². The maximum atomic E-state index is 12.8. The molecule has 2 amide bonds. The van der Waals surface area contributed by atoms with Crippen molar-refractivity contribution >= 4 is 39.6 Å². The molecule has 7 nitrogen and oxygen atoms in total. The number of nitrogens with zero attached hydrogens (tertiary/aromatic N) is 1. The Hall–Kier alpha value is -2.94. The minimum atomic E-state index is -0.651. The Morgan fingerprint density at radius 2 is 1.96 bits per heavy atom. The zero-order valence-corrected chi connectivity index (χ0v) is 15.2. The maximum absolute atomic E-state index is 12.8. The predicted octanol–water partition coefficient (Wildman–Crippen LogP) is 2.78. The molecule has 0 atom stereocenters. The van der Waals surface area contributed by atoms with Crippen LogP contribution in [-0.4, -0.2) is 30.2 Å².